The summed E-state index contributed by atoms with van der Waals surface area (Å²) in [6.45, 7) is 4.43. The van der Waals surface area contributed by atoms with Gasteiger partial charge >= 0.3 is 0 Å². The average molecular weight is 397 g/mol. The first-order valence-corrected chi connectivity index (χ1v) is 11.9. The molecule has 0 saturated heterocycles. The van der Waals surface area contributed by atoms with Crippen LogP contribution in [-0.2, 0) is 9.92 Å². The minimum atomic E-state index is -2.24. The number of rotatable bonds is 6. The number of aliphatic imine (C=N–C) groups is 1. The Morgan fingerprint density at radius 2 is 1.93 bits per heavy atom. The van der Waals surface area contributed by atoms with E-state index in [0.717, 1.165) is 50.9 Å². The minimum Gasteiger partial charge on any atom is -0.371 e. The van der Waals surface area contributed by atoms with Gasteiger partial charge in [0.2, 0.25) is 0 Å². The van der Waals surface area contributed by atoms with E-state index < -0.39 is 9.92 Å². The van der Waals surface area contributed by atoms with Crippen LogP contribution >= 0.6 is 0 Å². The standard InChI is InChI=1S/C19H36N6OS/c1-5-11-23-27(26,24(2)3)13-15-6-8-16(9-7-15)25(4)19-17-10-12-20-18(17)21-14-22-19/h15-16,20-21H,5-14H2,1-4H3. The molecule has 8 heteroatoms. The van der Waals surface area contributed by atoms with Crippen LogP contribution in [0.1, 0.15) is 45.4 Å². The fourth-order valence-corrected chi connectivity index (χ4v) is 6.33. The van der Waals surface area contributed by atoms with Crippen molar-refractivity contribution in [2.45, 2.75) is 51.5 Å². The molecule has 2 heterocycles. The molecular formula is C19H36N6OS. The van der Waals surface area contributed by atoms with E-state index in [-0.39, 0.29) is 0 Å². The maximum Gasteiger partial charge on any atom is 0.132 e. The van der Waals surface area contributed by atoms with Gasteiger partial charge in [0.1, 0.15) is 28.2 Å². The zero-order valence-corrected chi connectivity index (χ0v) is 18.1. The highest BCUT2D eigenvalue weighted by Crippen LogP contribution is 2.31. The van der Waals surface area contributed by atoms with Gasteiger partial charge in [-0.1, -0.05) is 6.92 Å². The molecule has 0 aromatic heterocycles. The molecule has 27 heavy (non-hydrogen) atoms. The molecule has 1 unspecified atom stereocenters. The average Bonchev–Trinajstić information content (AvgIpc) is 3.15. The SMILES string of the molecule is CCCN=S(=O)(CC1CCC(N(C)C2=NCNC3=C2CCN3)CC1)N(C)C. The lowest BCUT2D eigenvalue weighted by Crippen LogP contribution is -2.43. The molecule has 1 aliphatic carbocycles. The monoisotopic (exact) mass is 396 g/mol. The Balaban J connectivity index is 1.59. The number of amidine groups is 1. The first-order valence-electron chi connectivity index (χ1n) is 10.3. The van der Waals surface area contributed by atoms with Crippen LogP contribution < -0.4 is 10.6 Å². The predicted molar refractivity (Wildman–Crippen MR) is 113 cm³/mol. The Bertz CT molecular complexity index is 699. The Labute approximate surface area is 165 Å². The van der Waals surface area contributed by atoms with E-state index in [1.807, 2.05) is 18.4 Å². The number of likely N-dealkylation sites (N-methyl/N-ethyl adjacent to an activating group) is 1. The Morgan fingerprint density at radius 1 is 1.19 bits per heavy atom. The summed E-state index contributed by atoms with van der Waals surface area (Å²) in [6, 6.07) is 0.524. The van der Waals surface area contributed by atoms with Crippen molar-refractivity contribution in [3.63, 3.8) is 0 Å². The number of hydrogen-bond acceptors (Lipinski definition) is 6. The molecule has 0 bridgehead atoms. The summed E-state index contributed by atoms with van der Waals surface area (Å²) in [5.74, 6) is 3.54. The Kier molecular flexibility index (Phi) is 6.68. The summed E-state index contributed by atoms with van der Waals surface area (Å²) in [5.41, 5.74) is 1.33. The van der Waals surface area contributed by atoms with Crippen molar-refractivity contribution in [3.8, 4) is 0 Å². The van der Waals surface area contributed by atoms with E-state index in [0.29, 0.717) is 30.9 Å². The van der Waals surface area contributed by atoms with Crippen molar-refractivity contribution in [2.75, 3.05) is 46.7 Å². The summed E-state index contributed by atoms with van der Waals surface area (Å²) in [6.07, 6.45) is 6.52. The van der Waals surface area contributed by atoms with Gasteiger partial charge in [-0.25, -0.2) is 17.9 Å². The molecule has 1 atom stereocenters. The van der Waals surface area contributed by atoms with Crippen LogP contribution in [0.4, 0.5) is 0 Å². The van der Waals surface area contributed by atoms with E-state index in [1.54, 1.807) is 0 Å². The van der Waals surface area contributed by atoms with Gasteiger partial charge in [-0.15, -0.1) is 0 Å². The van der Waals surface area contributed by atoms with E-state index in [2.05, 4.69) is 33.9 Å². The first kappa shape index (κ1) is 20.5. The molecule has 3 rings (SSSR count). The highest BCUT2D eigenvalue weighted by molar-refractivity contribution is 7.91. The van der Waals surface area contributed by atoms with Crippen LogP contribution in [0.25, 0.3) is 0 Å². The zero-order chi connectivity index (χ0) is 19.4. The molecule has 0 spiro atoms. The van der Waals surface area contributed by atoms with Gasteiger partial charge in [0.25, 0.3) is 0 Å². The zero-order valence-electron chi connectivity index (χ0n) is 17.3. The van der Waals surface area contributed by atoms with Gasteiger partial charge in [-0.2, -0.15) is 0 Å². The number of hydrogen-bond donors (Lipinski definition) is 2. The number of nitrogens with zero attached hydrogens (tertiary/aromatic N) is 4. The summed E-state index contributed by atoms with van der Waals surface area (Å²) in [5, 5.41) is 6.76. The van der Waals surface area contributed by atoms with E-state index in [9.17, 15) is 4.21 Å². The third-order valence-corrected chi connectivity index (χ3v) is 8.60. The van der Waals surface area contributed by atoms with Crippen LogP contribution in [0.2, 0.25) is 0 Å². The summed E-state index contributed by atoms with van der Waals surface area (Å²) in [7, 11) is 3.75. The molecule has 3 aliphatic rings. The van der Waals surface area contributed by atoms with Crippen LogP contribution in [-0.4, -0.2) is 71.9 Å². The normalized spacial score (nSPS) is 27.4. The highest BCUT2D eigenvalue weighted by atomic mass is 32.2. The van der Waals surface area contributed by atoms with Gasteiger partial charge in [0, 0.05) is 51.6 Å². The molecule has 7 nitrogen and oxygen atoms in total. The minimum absolute atomic E-state index is 0.503. The summed E-state index contributed by atoms with van der Waals surface area (Å²) >= 11 is 0. The fraction of sp³-hybridized carbons (Fsp3) is 0.842. The maximum atomic E-state index is 13.2. The van der Waals surface area contributed by atoms with Gasteiger partial charge in [0.15, 0.2) is 0 Å². The second-order valence-electron chi connectivity index (χ2n) is 8.07. The van der Waals surface area contributed by atoms with Crippen molar-refractivity contribution < 1.29 is 4.21 Å². The lowest BCUT2D eigenvalue weighted by Gasteiger charge is -2.38. The third-order valence-electron chi connectivity index (χ3n) is 5.97. The fourth-order valence-electron chi connectivity index (χ4n) is 4.28. The van der Waals surface area contributed by atoms with Gasteiger partial charge < -0.3 is 15.5 Å². The molecule has 0 aromatic rings. The molecule has 1 fully saturated rings. The van der Waals surface area contributed by atoms with Crippen LogP contribution in [0.5, 0.6) is 0 Å². The maximum absolute atomic E-state index is 13.2. The van der Waals surface area contributed by atoms with Gasteiger partial charge in [-0.05, 0) is 44.4 Å². The Morgan fingerprint density at radius 3 is 2.59 bits per heavy atom. The topological polar surface area (TPSA) is 72.3 Å². The molecular weight excluding hydrogens is 360 g/mol. The lowest BCUT2D eigenvalue weighted by molar-refractivity contribution is 0.239. The Hall–Kier alpha value is -1.28. The van der Waals surface area contributed by atoms with Gasteiger partial charge in [-0.3, -0.25) is 0 Å². The van der Waals surface area contributed by atoms with E-state index in [4.69, 9.17) is 4.99 Å². The van der Waals surface area contributed by atoms with Gasteiger partial charge in [0.05, 0.1) is 0 Å². The molecule has 0 aromatic carbocycles. The molecule has 1 saturated carbocycles. The van der Waals surface area contributed by atoms with Crippen LogP contribution in [0.3, 0.4) is 0 Å². The van der Waals surface area contributed by atoms with Crippen molar-refractivity contribution in [2.24, 2.45) is 15.3 Å². The second kappa shape index (κ2) is 8.82. The van der Waals surface area contributed by atoms with Crippen molar-refractivity contribution in [3.05, 3.63) is 11.4 Å². The summed E-state index contributed by atoms with van der Waals surface area (Å²) in [4.78, 5) is 7.14. The van der Waals surface area contributed by atoms with Crippen molar-refractivity contribution >= 4 is 15.8 Å². The highest BCUT2D eigenvalue weighted by Gasteiger charge is 2.31. The van der Waals surface area contributed by atoms with Crippen LogP contribution in [0, 0.1) is 5.92 Å². The quantitative estimate of drug-likeness (QED) is 0.720. The van der Waals surface area contributed by atoms with E-state index in [1.165, 1.54) is 11.4 Å². The van der Waals surface area contributed by atoms with Crippen molar-refractivity contribution in [1.82, 2.24) is 19.8 Å². The molecule has 2 N–H and O–H groups in total. The third kappa shape index (κ3) is 4.59. The molecule has 0 amide bonds. The first-order chi connectivity index (χ1) is 12.9. The lowest BCUT2D eigenvalue weighted by atomic mass is 9.86. The predicted octanol–water partition coefficient (Wildman–Crippen LogP) is 2.00. The molecule has 2 aliphatic heterocycles. The largest absolute Gasteiger partial charge is 0.371 e. The smallest absolute Gasteiger partial charge is 0.132 e. The summed E-state index contributed by atoms with van der Waals surface area (Å²) < 4.78 is 19.6. The van der Waals surface area contributed by atoms with Crippen LogP contribution in [0.15, 0.2) is 20.7 Å². The number of nitrogens with one attached hydrogen (secondary N) is 2. The van der Waals surface area contributed by atoms with E-state index >= 15 is 0 Å². The molecule has 0 radical (unpaired) electrons. The second-order valence-corrected chi connectivity index (χ2v) is 10.6. The molecule has 154 valence electrons. The van der Waals surface area contributed by atoms with Crippen molar-refractivity contribution in [1.29, 1.82) is 0 Å².